The first kappa shape index (κ1) is 15.8. The van der Waals surface area contributed by atoms with Gasteiger partial charge in [-0.25, -0.2) is 0 Å². The van der Waals surface area contributed by atoms with Crippen LogP contribution in [0.2, 0.25) is 0 Å². The van der Waals surface area contributed by atoms with Crippen molar-refractivity contribution < 1.29 is 14.5 Å². The lowest BCUT2D eigenvalue weighted by molar-refractivity contribution is -0.126. The predicted octanol–water partition coefficient (Wildman–Crippen LogP) is 2.80. The maximum absolute atomic E-state index is 14.4. The molecule has 0 radical (unpaired) electrons. The molecule has 4 rings (SSSR count). The maximum atomic E-state index is 14.4. The molecule has 0 bridgehead atoms. The molecule has 4 nitrogen and oxygen atoms in total. The van der Waals surface area contributed by atoms with Gasteiger partial charge in [-0.15, -0.1) is 0 Å². The lowest BCUT2D eigenvalue weighted by atomic mass is 10.1. The van der Waals surface area contributed by atoms with E-state index in [0.717, 1.165) is 0 Å². The quantitative estimate of drug-likeness (QED) is 0.715. The van der Waals surface area contributed by atoms with Gasteiger partial charge in [-0.3, -0.25) is 4.79 Å². The normalized spacial score (nSPS) is 19.3. The van der Waals surface area contributed by atoms with Crippen LogP contribution in [0.15, 0.2) is 84.9 Å². The van der Waals surface area contributed by atoms with Crippen LogP contribution in [0.25, 0.3) is 0 Å². The zero-order valence-electron chi connectivity index (χ0n) is 13.3. The van der Waals surface area contributed by atoms with Crippen molar-refractivity contribution in [2.75, 3.05) is 5.32 Å². The Morgan fingerprint density at radius 1 is 0.760 bits per heavy atom. The number of hydrogen-bond acceptors (Lipinski definition) is 3. The molecule has 0 spiro atoms. The molecule has 1 atom stereocenters. The van der Waals surface area contributed by atoms with E-state index in [0.29, 0.717) is 21.9 Å². The molecule has 1 amide bonds. The molecule has 1 aliphatic heterocycles. The lowest BCUT2D eigenvalue weighted by Crippen LogP contribution is -2.41. The van der Waals surface area contributed by atoms with E-state index in [1.807, 2.05) is 12.1 Å². The molecule has 25 heavy (non-hydrogen) atoms. The molecule has 0 aliphatic carbocycles. The van der Waals surface area contributed by atoms with Crippen molar-refractivity contribution >= 4 is 29.3 Å². The van der Waals surface area contributed by atoms with E-state index >= 15 is 0 Å². The number of hydrogen-bond donors (Lipinski definition) is 2. The summed E-state index contributed by atoms with van der Waals surface area (Å²) in [6.45, 7) is 0. The van der Waals surface area contributed by atoms with Crippen molar-refractivity contribution in [2.24, 2.45) is 0 Å². The Kier molecular flexibility index (Phi) is 3.60. The van der Waals surface area contributed by atoms with E-state index in [1.165, 1.54) is 0 Å². The monoisotopic (exact) mass is 349 g/mol. The van der Waals surface area contributed by atoms with Gasteiger partial charge in [0.2, 0.25) is 5.34 Å². The summed E-state index contributed by atoms with van der Waals surface area (Å²) in [5.41, 5.74) is 0.832. The van der Waals surface area contributed by atoms with E-state index in [9.17, 15) is 14.5 Å². The molecule has 0 saturated heterocycles. The average Bonchev–Trinajstić information content (AvgIpc) is 2.94. The molecule has 3 aromatic rings. The van der Waals surface area contributed by atoms with Crippen LogP contribution in [0.3, 0.4) is 0 Å². The zero-order valence-corrected chi connectivity index (χ0v) is 14.2. The van der Waals surface area contributed by atoms with Gasteiger partial charge in [0.25, 0.3) is 5.91 Å². The molecule has 1 aliphatic rings. The summed E-state index contributed by atoms with van der Waals surface area (Å²) in [6, 6.07) is 24.3. The number of aliphatic hydroxyl groups is 1. The Morgan fingerprint density at radius 2 is 1.24 bits per heavy atom. The highest BCUT2D eigenvalue weighted by Gasteiger charge is 2.59. The average molecular weight is 349 g/mol. The van der Waals surface area contributed by atoms with Crippen molar-refractivity contribution in [3.05, 3.63) is 90.5 Å². The Hall–Kier alpha value is -2.68. The van der Waals surface area contributed by atoms with Gasteiger partial charge >= 0.3 is 0 Å². The highest BCUT2D eigenvalue weighted by molar-refractivity contribution is 7.80. The molecule has 1 heterocycles. The Balaban J connectivity index is 2.07. The minimum Gasteiger partial charge on any atom is -0.369 e. The van der Waals surface area contributed by atoms with Crippen LogP contribution in [0.1, 0.15) is 5.56 Å². The SMILES string of the molecule is O=C1Nc2ccccc2C1(O)P(=O)(c1ccccc1)c1ccccc1. The highest BCUT2D eigenvalue weighted by Crippen LogP contribution is 2.63. The number of amides is 1. The summed E-state index contributed by atoms with van der Waals surface area (Å²) < 4.78 is 14.4. The molecule has 5 heteroatoms. The van der Waals surface area contributed by atoms with Gasteiger partial charge in [0.05, 0.1) is 0 Å². The van der Waals surface area contributed by atoms with Crippen LogP contribution in [-0.2, 0) is 14.7 Å². The van der Waals surface area contributed by atoms with Gasteiger partial charge in [0.15, 0.2) is 7.14 Å². The van der Waals surface area contributed by atoms with Crippen molar-refractivity contribution in [1.82, 2.24) is 0 Å². The predicted molar refractivity (Wildman–Crippen MR) is 98.7 cm³/mol. The topological polar surface area (TPSA) is 66.4 Å². The summed E-state index contributed by atoms with van der Waals surface area (Å²) in [6.07, 6.45) is 0. The van der Waals surface area contributed by atoms with Crippen molar-refractivity contribution in [3.63, 3.8) is 0 Å². The number of benzene rings is 3. The third-order valence-corrected chi connectivity index (χ3v) is 7.97. The molecule has 0 aromatic heterocycles. The van der Waals surface area contributed by atoms with Crippen molar-refractivity contribution in [1.29, 1.82) is 0 Å². The van der Waals surface area contributed by atoms with Crippen LogP contribution in [0, 0.1) is 0 Å². The van der Waals surface area contributed by atoms with Crippen molar-refractivity contribution in [2.45, 2.75) is 5.34 Å². The number of carbonyl (C=O) groups excluding carboxylic acids is 1. The van der Waals surface area contributed by atoms with E-state index in [2.05, 4.69) is 5.32 Å². The first-order valence-electron chi connectivity index (χ1n) is 7.93. The van der Waals surface area contributed by atoms with Gasteiger partial charge in [0, 0.05) is 21.9 Å². The minimum absolute atomic E-state index is 0.344. The van der Waals surface area contributed by atoms with E-state index < -0.39 is 18.4 Å². The molecule has 2 N–H and O–H groups in total. The van der Waals surface area contributed by atoms with Crippen LogP contribution in [0.4, 0.5) is 5.69 Å². The third-order valence-electron chi connectivity index (χ3n) is 4.56. The lowest BCUT2D eigenvalue weighted by Gasteiger charge is -2.32. The number of para-hydroxylation sites is 1. The fourth-order valence-corrected chi connectivity index (χ4v) is 6.44. The number of rotatable bonds is 3. The van der Waals surface area contributed by atoms with Crippen LogP contribution in [-0.4, -0.2) is 11.0 Å². The summed E-state index contributed by atoms with van der Waals surface area (Å²) in [7, 11) is -3.73. The Morgan fingerprint density at radius 3 is 1.80 bits per heavy atom. The second kappa shape index (κ2) is 5.69. The first-order chi connectivity index (χ1) is 12.1. The van der Waals surface area contributed by atoms with Crippen molar-refractivity contribution in [3.8, 4) is 0 Å². The molecular formula is C20H16NO3P. The number of nitrogens with one attached hydrogen (secondary N) is 1. The molecular weight excluding hydrogens is 333 g/mol. The van der Waals surface area contributed by atoms with E-state index in [-0.39, 0.29) is 0 Å². The second-order valence-electron chi connectivity index (χ2n) is 5.95. The van der Waals surface area contributed by atoms with Gasteiger partial charge in [0.1, 0.15) is 0 Å². The minimum atomic E-state index is -3.73. The van der Waals surface area contributed by atoms with Crippen LogP contribution < -0.4 is 15.9 Å². The summed E-state index contributed by atoms with van der Waals surface area (Å²) >= 11 is 0. The summed E-state index contributed by atoms with van der Waals surface area (Å²) in [5, 5.41) is 13.0. The summed E-state index contributed by atoms with van der Waals surface area (Å²) in [5.74, 6) is -0.662. The number of fused-ring (bicyclic) bond motifs is 1. The molecule has 0 fully saturated rings. The molecule has 3 aromatic carbocycles. The smallest absolute Gasteiger partial charge is 0.269 e. The Bertz CT molecular complexity index is 945. The third kappa shape index (κ3) is 2.12. The maximum Gasteiger partial charge on any atom is 0.269 e. The standard InChI is InChI=1S/C20H16NO3P/c22-19-20(23,17-13-7-8-14-18(17)21-19)25(24,15-9-3-1-4-10-15)16-11-5-2-6-12-16/h1-14,23H,(H,21,22). The molecule has 0 saturated carbocycles. The molecule has 124 valence electrons. The Labute approximate surface area is 145 Å². The largest absolute Gasteiger partial charge is 0.369 e. The van der Waals surface area contributed by atoms with Gasteiger partial charge in [-0.2, -0.15) is 0 Å². The van der Waals surface area contributed by atoms with Gasteiger partial charge in [-0.1, -0.05) is 78.9 Å². The van der Waals surface area contributed by atoms with Crippen LogP contribution in [0.5, 0.6) is 0 Å². The fourth-order valence-electron chi connectivity index (χ4n) is 3.34. The summed E-state index contributed by atoms with van der Waals surface area (Å²) in [4.78, 5) is 12.8. The van der Waals surface area contributed by atoms with E-state index in [1.54, 1.807) is 72.8 Å². The zero-order chi connectivity index (χ0) is 17.5. The fraction of sp³-hybridized carbons (Fsp3) is 0.0500. The second-order valence-corrected chi connectivity index (χ2v) is 8.85. The number of carbonyl (C=O) groups is 1. The van der Waals surface area contributed by atoms with E-state index in [4.69, 9.17) is 0 Å². The van der Waals surface area contributed by atoms with Crippen LogP contribution >= 0.6 is 7.14 Å². The highest BCUT2D eigenvalue weighted by atomic mass is 31.2. The number of anilines is 1. The van der Waals surface area contributed by atoms with Gasteiger partial charge < -0.3 is 15.0 Å². The molecule has 1 unspecified atom stereocenters. The van der Waals surface area contributed by atoms with Gasteiger partial charge in [-0.05, 0) is 6.07 Å². The first-order valence-corrected chi connectivity index (χ1v) is 9.64.